The Morgan fingerprint density at radius 1 is 1.04 bits per heavy atom. The fraction of sp³-hybridized carbons (Fsp3) is 0.217. The molecule has 4 heteroatoms. The van der Waals surface area contributed by atoms with Gasteiger partial charge in [0, 0.05) is 24.1 Å². The van der Waals surface area contributed by atoms with Gasteiger partial charge in [-0.05, 0) is 56.0 Å². The van der Waals surface area contributed by atoms with Gasteiger partial charge in [0.1, 0.15) is 0 Å². The second-order valence-corrected chi connectivity index (χ2v) is 7.19. The molecule has 0 spiro atoms. The standard InChI is InChI=1S/C23H23N3O/c1-15-10-16(2)22(17(3)11-15)25-23(27)19-12-20(14-24-13-19)26-9-8-18-6-4-5-7-21(18)26/h4-7,10-14H,8-9H2,1-3H3,(H,25,27). The number of aryl methyl sites for hydroxylation is 3. The average Bonchev–Trinajstić information content (AvgIpc) is 3.09. The molecule has 1 aromatic heterocycles. The Morgan fingerprint density at radius 2 is 1.78 bits per heavy atom. The maximum absolute atomic E-state index is 12.8. The van der Waals surface area contributed by atoms with Crippen LogP contribution in [0.5, 0.6) is 0 Å². The Balaban J connectivity index is 1.61. The Bertz CT molecular complexity index is 1000. The largest absolute Gasteiger partial charge is 0.340 e. The number of para-hydroxylation sites is 1. The molecular weight excluding hydrogens is 334 g/mol. The van der Waals surface area contributed by atoms with Crippen molar-refractivity contribution in [2.24, 2.45) is 0 Å². The maximum atomic E-state index is 12.8. The van der Waals surface area contributed by atoms with Crippen LogP contribution in [0.25, 0.3) is 0 Å². The summed E-state index contributed by atoms with van der Waals surface area (Å²) in [5.74, 6) is -0.133. The zero-order valence-electron chi connectivity index (χ0n) is 15.9. The highest BCUT2D eigenvalue weighted by molar-refractivity contribution is 6.05. The van der Waals surface area contributed by atoms with Crippen LogP contribution in [0.2, 0.25) is 0 Å². The molecule has 0 bridgehead atoms. The molecular formula is C23H23N3O. The zero-order valence-corrected chi connectivity index (χ0v) is 15.9. The number of benzene rings is 2. The number of hydrogen-bond acceptors (Lipinski definition) is 3. The highest BCUT2D eigenvalue weighted by atomic mass is 16.1. The average molecular weight is 357 g/mol. The molecule has 2 aromatic carbocycles. The summed E-state index contributed by atoms with van der Waals surface area (Å²) in [5.41, 5.74) is 8.25. The zero-order chi connectivity index (χ0) is 19.0. The number of nitrogens with zero attached hydrogens (tertiary/aromatic N) is 2. The third kappa shape index (κ3) is 3.31. The molecule has 4 rings (SSSR count). The Morgan fingerprint density at radius 3 is 2.56 bits per heavy atom. The summed E-state index contributed by atoms with van der Waals surface area (Å²) in [6.07, 6.45) is 4.45. The van der Waals surface area contributed by atoms with Crippen molar-refractivity contribution in [1.29, 1.82) is 0 Å². The van der Waals surface area contributed by atoms with Gasteiger partial charge in [0.2, 0.25) is 0 Å². The van der Waals surface area contributed by atoms with E-state index in [1.54, 1.807) is 6.20 Å². The lowest BCUT2D eigenvalue weighted by molar-refractivity contribution is 0.102. The molecule has 0 unspecified atom stereocenters. The lowest BCUT2D eigenvalue weighted by Crippen LogP contribution is -2.17. The highest BCUT2D eigenvalue weighted by Crippen LogP contribution is 2.34. The van der Waals surface area contributed by atoms with Crippen LogP contribution >= 0.6 is 0 Å². The summed E-state index contributed by atoms with van der Waals surface area (Å²) in [6, 6.07) is 14.5. The molecule has 0 radical (unpaired) electrons. The van der Waals surface area contributed by atoms with Crippen LogP contribution in [0, 0.1) is 20.8 Å². The summed E-state index contributed by atoms with van der Waals surface area (Å²) in [5, 5.41) is 3.06. The van der Waals surface area contributed by atoms with Gasteiger partial charge in [-0.1, -0.05) is 35.9 Å². The molecule has 0 saturated heterocycles. The number of carbonyl (C=O) groups is 1. The first-order chi connectivity index (χ1) is 13.0. The molecule has 3 aromatic rings. The normalized spacial score (nSPS) is 12.8. The molecule has 4 nitrogen and oxygen atoms in total. The molecule has 0 saturated carbocycles. The van der Waals surface area contributed by atoms with Crippen LogP contribution in [0.15, 0.2) is 54.9 Å². The molecule has 0 atom stereocenters. The SMILES string of the molecule is Cc1cc(C)c(NC(=O)c2cncc(N3CCc4ccccc43)c2)c(C)c1. The topological polar surface area (TPSA) is 45.2 Å². The predicted molar refractivity (Wildman–Crippen MR) is 110 cm³/mol. The van der Waals surface area contributed by atoms with Crippen LogP contribution in [0.3, 0.4) is 0 Å². The highest BCUT2D eigenvalue weighted by Gasteiger charge is 2.21. The van der Waals surface area contributed by atoms with Gasteiger partial charge < -0.3 is 10.2 Å². The molecule has 1 amide bonds. The van der Waals surface area contributed by atoms with Crippen molar-refractivity contribution in [3.8, 4) is 0 Å². The third-order valence-electron chi connectivity index (χ3n) is 5.10. The van der Waals surface area contributed by atoms with E-state index in [1.807, 2.05) is 32.2 Å². The van der Waals surface area contributed by atoms with Crippen molar-refractivity contribution >= 4 is 23.0 Å². The van der Waals surface area contributed by atoms with Crippen LogP contribution < -0.4 is 10.2 Å². The van der Waals surface area contributed by atoms with Crippen molar-refractivity contribution in [1.82, 2.24) is 4.98 Å². The second-order valence-electron chi connectivity index (χ2n) is 7.19. The number of aromatic nitrogens is 1. The van der Waals surface area contributed by atoms with Gasteiger partial charge in [0.05, 0.1) is 17.4 Å². The summed E-state index contributed by atoms with van der Waals surface area (Å²) < 4.78 is 0. The van der Waals surface area contributed by atoms with E-state index >= 15 is 0 Å². The molecule has 136 valence electrons. The van der Waals surface area contributed by atoms with Gasteiger partial charge in [0.25, 0.3) is 5.91 Å². The third-order valence-corrected chi connectivity index (χ3v) is 5.10. The minimum absolute atomic E-state index is 0.133. The monoisotopic (exact) mass is 357 g/mol. The van der Waals surface area contributed by atoms with Crippen LogP contribution in [0.1, 0.15) is 32.6 Å². The van der Waals surface area contributed by atoms with Crippen LogP contribution in [0.4, 0.5) is 17.1 Å². The summed E-state index contributed by atoms with van der Waals surface area (Å²) in [4.78, 5) is 19.4. The van der Waals surface area contributed by atoms with E-state index in [4.69, 9.17) is 0 Å². The van der Waals surface area contributed by atoms with E-state index in [0.717, 1.165) is 35.5 Å². The van der Waals surface area contributed by atoms with Crippen LogP contribution in [-0.2, 0) is 6.42 Å². The van der Waals surface area contributed by atoms with E-state index in [9.17, 15) is 4.79 Å². The molecule has 27 heavy (non-hydrogen) atoms. The Labute approximate surface area is 159 Å². The Kier molecular flexibility index (Phi) is 4.40. The van der Waals surface area contributed by atoms with Gasteiger partial charge in [-0.2, -0.15) is 0 Å². The van der Waals surface area contributed by atoms with Gasteiger partial charge in [-0.15, -0.1) is 0 Å². The van der Waals surface area contributed by atoms with E-state index in [1.165, 1.54) is 16.8 Å². The van der Waals surface area contributed by atoms with Crippen molar-refractivity contribution in [2.45, 2.75) is 27.2 Å². The number of anilines is 3. The van der Waals surface area contributed by atoms with Crippen molar-refractivity contribution in [2.75, 3.05) is 16.8 Å². The van der Waals surface area contributed by atoms with E-state index in [-0.39, 0.29) is 5.91 Å². The number of nitrogens with one attached hydrogen (secondary N) is 1. The van der Waals surface area contributed by atoms with E-state index < -0.39 is 0 Å². The van der Waals surface area contributed by atoms with Crippen molar-refractivity contribution in [3.05, 3.63) is 82.7 Å². The minimum Gasteiger partial charge on any atom is -0.340 e. The first-order valence-corrected chi connectivity index (χ1v) is 9.22. The van der Waals surface area contributed by atoms with Gasteiger partial charge >= 0.3 is 0 Å². The van der Waals surface area contributed by atoms with E-state index in [0.29, 0.717) is 5.56 Å². The van der Waals surface area contributed by atoms with E-state index in [2.05, 4.69) is 52.5 Å². The predicted octanol–water partition coefficient (Wildman–Crippen LogP) is 4.95. The van der Waals surface area contributed by atoms with Gasteiger partial charge in [-0.25, -0.2) is 0 Å². The van der Waals surface area contributed by atoms with Crippen LogP contribution in [-0.4, -0.2) is 17.4 Å². The summed E-state index contributed by atoms with van der Waals surface area (Å²) in [7, 11) is 0. The van der Waals surface area contributed by atoms with Crippen molar-refractivity contribution in [3.63, 3.8) is 0 Å². The lowest BCUT2D eigenvalue weighted by Gasteiger charge is -2.20. The number of hydrogen-bond donors (Lipinski definition) is 1. The molecule has 1 aliphatic rings. The number of fused-ring (bicyclic) bond motifs is 1. The first-order valence-electron chi connectivity index (χ1n) is 9.22. The second kappa shape index (κ2) is 6.88. The lowest BCUT2D eigenvalue weighted by atomic mass is 10.0. The first kappa shape index (κ1) is 17.3. The molecule has 2 heterocycles. The minimum atomic E-state index is -0.133. The molecule has 0 aliphatic carbocycles. The quantitative estimate of drug-likeness (QED) is 0.721. The fourth-order valence-electron chi connectivity index (χ4n) is 3.87. The number of carbonyl (C=O) groups excluding carboxylic acids is 1. The summed E-state index contributed by atoms with van der Waals surface area (Å²) >= 11 is 0. The number of amides is 1. The maximum Gasteiger partial charge on any atom is 0.257 e. The summed E-state index contributed by atoms with van der Waals surface area (Å²) in [6.45, 7) is 7.01. The molecule has 0 fully saturated rings. The molecule has 1 aliphatic heterocycles. The van der Waals surface area contributed by atoms with Gasteiger partial charge in [0.15, 0.2) is 0 Å². The smallest absolute Gasteiger partial charge is 0.257 e. The number of pyridine rings is 1. The number of rotatable bonds is 3. The van der Waals surface area contributed by atoms with Crippen molar-refractivity contribution < 1.29 is 4.79 Å². The fourth-order valence-corrected chi connectivity index (χ4v) is 3.87. The Hall–Kier alpha value is -3.14. The molecule has 1 N–H and O–H groups in total. The van der Waals surface area contributed by atoms with Gasteiger partial charge in [-0.3, -0.25) is 9.78 Å².